The Morgan fingerprint density at radius 1 is 1.17 bits per heavy atom. The van der Waals surface area contributed by atoms with E-state index in [4.69, 9.17) is 14.0 Å². The van der Waals surface area contributed by atoms with Gasteiger partial charge in [0.1, 0.15) is 18.4 Å². The number of ether oxygens (including phenoxy) is 2. The highest BCUT2D eigenvalue weighted by molar-refractivity contribution is 5.68. The van der Waals surface area contributed by atoms with E-state index in [0.717, 1.165) is 36.9 Å². The molecule has 1 aliphatic rings. The number of benzene rings is 1. The van der Waals surface area contributed by atoms with Crippen LogP contribution in [0.4, 0.5) is 0 Å². The normalized spacial score (nSPS) is 13.4. The Labute approximate surface area is 171 Å². The van der Waals surface area contributed by atoms with Gasteiger partial charge in [0.25, 0.3) is 5.56 Å². The highest BCUT2D eigenvalue weighted by atomic mass is 16.5. The molecule has 0 amide bonds. The Balaban J connectivity index is 1.50. The van der Waals surface area contributed by atoms with Crippen molar-refractivity contribution in [3.8, 4) is 22.9 Å². The first-order valence-corrected chi connectivity index (χ1v) is 9.69. The molecule has 1 aromatic carbocycles. The van der Waals surface area contributed by atoms with E-state index in [0.29, 0.717) is 28.4 Å². The van der Waals surface area contributed by atoms with Crippen LogP contribution < -0.4 is 15.0 Å². The second-order valence-corrected chi connectivity index (χ2v) is 7.07. The van der Waals surface area contributed by atoms with Gasteiger partial charge in [-0.15, -0.1) is 0 Å². The summed E-state index contributed by atoms with van der Waals surface area (Å²) in [6, 6.07) is 5.41. The summed E-state index contributed by atoms with van der Waals surface area (Å²) in [6.45, 7) is 0.0641. The van der Waals surface area contributed by atoms with E-state index >= 15 is 0 Å². The minimum Gasteiger partial charge on any atom is -0.493 e. The number of aromatic nitrogens is 6. The zero-order valence-electron chi connectivity index (χ0n) is 16.7. The van der Waals surface area contributed by atoms with Gasteiger partial charge in [-0.1, -0.05) is 11.2 Å². The molecule has 4 aromatic rings. The Morgan fingerprint density at radius 2 is 2.03 bits per heavy atom. The largest absolute Gasteiger partial charge is 0.493 e. The molecule has 0 saturated carbocycles. The van der Waals surface area contributed by atoms with Gasteiger partial charge in [0.05, 0.1) is 25.5 Å². The fraction of sp³-hybridized carbons (Fsp3) is 0.350. The fourth-order valence-electron chi connectivity index (χ4n) is 3.90. The molecule has 3 heterocycles. The van der Waals surface area contributed by atoms with Gasteiger partial charge in [-0.25, -0.2) is 9.20 Å². The van der Waals surface area contributed by atoms with Gasteiger partial charge in [-0.2, -0.15) is 15.2 Å². The molecule has 10 nitrogen and oxygen atoms in total. The van der Waals surface area contributed by atoms with E-state index in [1.54, 1.807) is 31.1 Å². The molecular weight excluding hydrogens is 388 g/mol. The minimum absolute atomic E-state index is 0.0641. The van der Waals surface area contributed by atoms with Crippen molar-refractivity contribution in [1.29, 1.82) is 0 Å². The van der Waals surface area contributed by atoms with Gasteiger partial charge in [0, 0.05) is 5.56 Å². The molecule has 0 spiro atoms. The molecule has 0 bridgehead atoms. The number of rotatable bonds is 5. The summed E-state index contributed by atoms with van der Waals surface area (Å²) in [7, 11) is 3.11. The molecule has 10 heteroatoms. The third-order valence-corrected chi connectivity index (χ3v) is 5.32. The molecule has 0 radical (unpaired) electrons. The van der Waals surface area contributed by atoms with Crippen molar-refractivity contribution in [2.75, 3.05) is 14.2 Å². The summed E-state index contributed by atoms with van der Waals surface area (Å²) in [5.74, 6) is 1.68. The zero-order valence-corrected chi connectivity index (χ0v) is 16.7. The van der Waals surface area contributed by atoms with Crippen LogP contribution in [0.15, 0.2) is 33.8 Å². The van der Waals surface area contributed by atoms with Crippen LogP contribution in [0.25, 0.3) is 16.9 Å². The number of methoxy groups -OCH3 is 2. The third kappa shape index (κ3) is 2.92. The Morgan fingerprint density at radius 3 is 2.87 bits per heavy atom. The van der Waals surface area contributed by atoms with Gasteiger partial charge in [-0.3, -0.25) is 4.79 Å². The summed E-state index contributed by atoms with van der Waals surface area (Å²) in [4.78, 5) is 17.5. The summed E-state index contributed by atoms with van der Waals surface area (Å²) in [5.41, 5.74) is 3.01. The molecule has 1 aliphatic carbocycles. The van der Waals surface area contributed by atoms with Crippen molar-refractivity contribution in [3.05, 3.63) is 52.0 Å². The summed E-state index contributed by atoms with van der Waals surface area (Å²) >= 11 is 0. The van der Waals surface area contributed by atoms with Gasteiger partial charge >= 0.3 is 0 Å². The molecule has 3 aromatic heterocycles. The van der Waals surface area contributed by atoms with Crippen LogP contribution >= 0.6 is 0 Å². The lowest BCUT2D eigenvalue weighted by atomic mass is 9.97. The topological polar surface area (TPSA) is 110 Å². The molecule has 0 N–H and O–H groups in total. The Kier molecular flexibility index (Phi) is 4.46. The first-order chi connectivity index (χ1) is 14.7. The number of para-hydroxylation sites is 1. The van der Waals surface area contributed by atoms with Crippen molar-refractivity contribution in [1.82, 2.24) is 29.5 Å². The average Bonchev–Trinajstić information content (AvgIpc) is 3.39. The maximum Gasteiger partial charge on any atom is 0.293 e. The highest BCUT2D eigenvalue weighted by Gasteiger charge is 2.21. The van der Waals surface area contributed by atoms with Crippen molar-refractivity contribution in [2.45, 2.75) is 32.2 Å². The van der Waals surface area contributed by atoms with Crippen LogP contribution in [0.1, 0.15) is 30.0 Å². The van der Waals surface area contributed by atoms with Crippen molar-refractivity contribution < 1.29 is 14.0 Å². The average molecular weight is 408 g/mol. The summed E-state index contributed by atoms with van der Waals surface area (Å²) < 4.78 is 19.0. The van der Waals surface area contributed by atoms with Crippen molar-refractivity contribution >= 4 is 5.52 Å². The van der Waals surface area contributed by atoms with E-state index in [-0.39, 0.29) is 18.0 Å². The van der Waals surface area contributed by atoms with E-state index in [2.05, 4.69) is 20.3 Å². The lowest BCUT2D eigenvalue weighted by molar-refractivity contribution is 0.354. The molecule has 30 heavy (non-hydrogen) atoms. The Hall–Kier alpha value is -3.69. The van der Waals surface area contributed by atoms with Crippen LogP contribution in [0.3, 0.4) is 0 Å². The quantitative estimate of drug-likeness (QED) is 0.492. The fourth-order valence-corrected chi connectivity index (χ4v) is 3.90. The molecule has 0 saturated heterocycles. The van der Waals surface area contributed by atoms with Crippen LogP contribution in [-0.2, 0) is 19.4 Å². The molecular formula is C20H20N6O4. The Bertz CT molecular complexity index is 1290. The smallest absolute Gasteiger partial charge is 0.293 e. The number of hydrogen-bond donors (Lipinski definition) is 0. The van der Waals surface area contributed by atoms with E-state index in [9.17, 15) is 4.79 Å². The van der Waals surface area contributed by atoms with Crippen LogP contribution in [0.5, 0.6) is 11.5 Å². The maximum absolute atomic E-state index is 13.0. The predicted octanol–water partition coefficient (Wildman–Crippen LogP) is 1.89. The molecule has 0 fully saturated rings. The molecule has 0 unspecified atom stereocenters. The van der Waals surface area contributed by atoms with E-state index in [1.807, 2.05) is 12.1 Å². The van der Waals surface area contributed by atoms with Gasteiger partial charge in [0.2, 0.25) is 11.7 Å². The van der Waals surface area contributed by atoms with E-state index in [1.165, 1.54) is 4.68 Å². The summed E-state index contributed by atoms with van der Waals surface area (Å²) in [5, 5.41) is 12.8. The second-order valence-electron chi connectivity index (χ2n) is 7.07. The van der Waals surface area contributed by atoms with Gasteiger partial charge in [0.15, 0.2) is 11.5 Å². The first kappa shape index (κ1) is 18.3. The number of hydrogen-bond acceptors (Lipinski definition) is 8. The number of fused-ring (bicyclic) bond motifs is 3. The van der Waals surface area contributed by atoms with E-state index < -0.39 is 0 Å². The van der Waals surface area contributed by atoms with Crippen molar-refractivity contribution in [3.63, 3.8) is 0 Å². The lowest BCUT2D eigenvalue weighted by Crippen LogP contribution is -2.26. The highest BCUT2D eigenvalue weighted by Crippen LogP contribution is 2.36. The van der Waals surface area contributed by atoms with Crippen LogP contribution in [0.2, 0.25) is 0 Å². The summed E-state index contributed by atoms with van der Waals surface area (Å²) in [6.07, 6.45) is 5.46. The van der Waals surface area contributed by atoms with Gasteiger partial charge in [-0.05, 0) is 37.8 Å². The minimum atomic E-state index is -0.216. The molecule has 0 aliphatic heterocycles. The zero-order chi connectivity index (χ0) is 20.7. The predicted molar refractivity (Wildman–Crippen MR) is 106 cm³/mol. The molecule has 154 valence electrons. The third-order valence-electron chi connectivity index (χ3n) is 5.32. The number of aryl methyl sites for hydroxylation is 2. The standard InChI is InChI=1S/C20H20N6O4/c1-28-15-9-5-7-13(18(15)29-2)19-22-16(30-24-19)10-25-20(27)17-12-6-3-4-8-14(12)23-26(17)11-21-25/h5,7,9,11H,3-4,6,8,10H2,1-2H3. The van der Waals surface area contributed by atoms with Crippen LogP contribution in [-0.4, -0.2) is 43.8 Å². The monoisotopic (exact) mass is 408 g/mol. The number of nitrogens with zero attached hydrogens (tertiary/aromatic N) is 6. The molecule has 0 atom stereocenters. The molecule has 5 rings (SSSR count). The second kappa shape index (κ2) is 7.29. The lowest BCUT2D eigenvalue weighted by Gasteiger charge is -2.09. The van der Waals surface area contributed by atoms with Gasteiger partial charge < -0.3 is 14.0 Å². The van der Waals surface area contributed by atoms with Crippen LogP contribution in [0, 0.1) is 0 Å². The maximum atomic E-state index is 13.0. The SMILES string of the molecule is COc1cccc(-c2noc(Cn3ncn4nc5c(c4c3=O)CCCC5)n2)c1OC. The van der Waals surface area contributed by atoms with Crippen molar-refractivity contribution in [2.24, 2.45) is 0 Å². The first-order valence-electron chi connectivity index (χ1n) is 9.69.